The molecule has 7 heteroatoms. The van der Waals surface area contributed by atoms with Crippen LogP contribution in [0, 0.1) is 5.82 Å². The van der Waals surface area contributed by atoms with Crippen LogP contribution in [-0.4, -0.2) is 85.3 Å². The lowest BCUT2D eigenvalue weighted by molar-refractivity contribution is 0.112. The van der Waals surface area contributed by atoms with Crippen molar-refractivity contribution in [2.24, 2.45) is 0 Å². The van der Waals surface area contributed by atoms with Crippen molar-refractivity contribution in [1.29, 1.82) is 0 Å². The summed E-state index contributed by atoms with van der Waals surface area (Å²) in [4.78, 5) is 18.8. The second-order valence-corrected chi connectivity index (χ2v) is 6.71. The monoisotopic (exact) mass is 352 g/mol. The Hall–Kier alpha value is -1.70. The number of aliphatic hydroxyl groups excluding tert-OH is 1. The Balaban J connectivity index is 1.91. The smallest absolute Gasteiger partial charge is 0.317 e. The van der Waals surface area contributed by atoms with Gasteiger partial charge in [-0.15, -0.1) is 0 Å². The lowest BCUT2D eigenvalue weighted by Crippen LogP contribution is -2.55. The van der Waals surface area contributed by atoms with E-state index in [9.17, 15) is 9.18 Å². The lowest BCUT2D eigenvalue weighted by Gasteiger charge is -2.38. The predicted molar refractivity (Wildman–Crippen MR) is 95.8 cm³/mol. The number of benzene rings is 1. The van der Waals surface area contributed by atoms with E-state index in [1.165, 1.54) is 12.1 Å². The fourth-order valence-electron chi connectivity index (χ4n) is 2.96. The van der Waals surface area contributed by atoms with Crippen LogP contribution in [0.5, 0.6) is 0 Å². The van der Waals surface area contributed by atoms with Crippen molar-refractivity contribution in [2.75, 3.05) is 53.4 Å². The third kappa shape index (κ3) is 6.26. The standard InChI is InChI=1S/C18H29FN4O2/c1-21-9-10-22(2)17(14-21)12-20-18(25)23(8-3-11-24)13-15-4-6-16(19)7-5-15/h4-7,17,24H,3,8-14H2,1-2H3,(H,20,25)/t17-/m0/s1. The summed E-state index contributed by atoms with van der Waals surface area (Å²) in [6.45, 7) is 4.41. The Labute approximate surface area is 149 Å². The lowest BCUT2D eigenvalue weighted by atomic mass is 10.2. The summed E-state index contributed by atoms with van der Waals surface area (Å²) in [5, 5.41) is 12.1. The Morgan fingerprint density at radius 2 is 2.04 bits per heavy atom. The molecule has 0 saturated carbocycles. The van der Waals surface area contributed by atoms with E-state index < -0.39 is 0 Å². The van der Waals surface area contributed by atoms with E-state index in [0.29, 0.717) is 26.1 Å². The minimum atomic E-state index is -0.292. The van der Waals surface area contributed by atoms with Gasteiger partial charge in [0, 0.05) is 51.9 Å². The highest BCUT2D eigenvalue weighted by atomic mass is 19.1. The summed E-state index contributed by atoms with van der Waals surface area (Å²) >= 11 is 0. The topological polar surface area (TPSA) is 59.0 Å². The number of nitrogens with one attached hydrogen (secondary N) is 1. The second kappa shape index (κ2) is 9.70. The number of rotatable bonds is 7. The number of piperazine rings is 1. The zero-order valence-corrected chi connectivity index (χ0v) is 15.1. The van der Waals surface area contributed by atoms with Crippen LogP contribution >= 0.6 is 0 Å². The highest BCUT2D eigenvalue weighted by Crippen LogP contribution is 2.09. The number of nitrogens with zero attached hydrogens (tertiary/aromatic N) is 3. The molecule has 1 aliphatic rings. The van der Waals surface area contributed by atoms with Gasteiger partial charge in [-0.05, 0) is 38.2 Å². The molecule has 1 aromatic carbocycles. The SMILES string of the molecule is CN1CCN(C)[C@@H](CNC(=O)N(CCCO)Cc2ccc(F)cc2)C1. The summed E-state index contributed by atoms with van der Waals surface area (Å²) < 4.78 is 13.0. The van der Waals surface area contributed by atoms with Crippen LogP contribution in [0.2, 0.25) is 0 Å². The Kier molecular flexibility index (Phi) is 7.61. The quantitative estimate of drug-likeness (QED) is 0.768. The van der Waals surface area contributed by atoms with E-state index in [4.69, 9.17) is 5.11 Å². The second-order valence-electron chi connectivity index (χ2n) is 6.71. The van der Waals surface area contributed by atoms with Crippen LogP contribution < -0.4 is 5.32 Å². The molecule has 6 nitrogen and oxygen atoms in total. The van der Waals surface area contributed by atoms with Gasteiger partial charge in [0.2, 0.25) is 0 Å². The van der Waals surface area contributed by atoms with Crippen LogP contribution in [0.25, 0.3) is 0 Å². The van der Waals surface area contributed by atoms with Gasteiger partial charge in [0.25, 0.3) is 0 Å². The molecule has 2 N–H and O–H groups in total. The Bertz CT molecular complexity index is 540. The molecule has 0 bridgehead atoms. The number of carbonyl (C=O) groups excluding carboxylic acids is 1. The molecule has 1 atom stereocenters. The van der Waals surface area contributed by atoms with E-state index in [1.807, 2.05) is 0 Å². The summed E-state index contributed by atoms with van der Waals surface area (Å²) in [6, 6.07) is 6.28. The van der Waals surface area contributed by atoms with Gasteiger partial charge < -0.3 is 20.2 Å². The van der Waals surface area contributed by atoms with Crippen molar-refractivity contribution in [1.82, 2.24) is 20.0 Å². The van der Waals surface area contributed by atoms with Crippen molar-refractivity contribution in [3.63, 3.8) is 0 Å². The number of hydrogen-bond acceptors (Lipinski definition) is 4. The van der Waals surface area contributed by atoms with Gasteiger partial charge in [0.05, 0.1) is 0 Å². The van der Waals surface area contributed by atoms with Crippen LogP contribution in [0.1, 0.15) is 12.0 Å². The molecular weight excluding hydrogens is 323 g/mol. The molecule has 1 aromatic rings. The van der Waals surface area contributed by atoms with Gasteiger partial charge in [0.1, 0.15) is 5.82 Å². The molecule has 0 unspecified atom stereocenters. The molecule has 2 rings (SSSR count). The molecule has 1 saturated heterocycles. The summed E-state index contributed by atoms with van der Waals surface area (Å²) in [5.74, 6) is -0.292. The zero-order valence-electron chi connectivity index (χ0n) is 15.1. The summed E-state index contributed by atoms with van der Waals surface area (Å²) in [6.07, 6.45) is 0.515. The van der Waals surface area contributed by atoms with E-state index in [-0.39, 0.29) is 24.5 Å². The van der Waals surface area contributed by atoms with Crippen molar-refractivity contribution >= 4 is 6.03 Å². The maximum Gasteiger partial charge on any atom is 0.317 e. The number of urea groups is 1. The van der Waals surface area contributed by atoms with Gasteiger partial charge >= 0.3 is 6.03 Å². The minimum absolute atomic E-state index is 0.0311. The minimum Gasteiger partial charge on any atom is -0.396 e. The zero-order chi connectivity index (χ0) is 18.2. The first-order valence-electron chi connectivity index (χ1n) is 8.76. The molecule has 2 amide bonds. The molecule has 0 aromatic heterocycles. The number of hydrogen-bond donors (Lipinski definition) is 2. The first kappa shape index (κ1) is 19.6. The summed E-state index contributed by atoms with van der Waals surface area (Å²) in [7, 11) is 4.16. The van der Waals surface area contributed by atoms with E-state index in [1.54, 1.807) is 17.0 Å². The van der Waals surface area contributed by atoms with Crippen LogP contribution in [0.3, 0.4) is 0 Å². The maximum absolute atomic E-state index is 13.0. The average molecular weight is 352 g/mol. The molecule has 25 heavy (non-hydrogen) atoms. The van der Waals surface area contributed by atoms with Crippen LogP contribution in [0.15, 0.2) is 24.3 Å². The highest BCUT2D eigenvalue weighted by molar-refractivity contribution is 5.74. The van der Waals surface area contributed by atoms with E-state index in [2.05, 4.69) is 29.2 Å². The fourth-order valence-corrected chi connectivity index (χ4v) is 2.96. The summed E-state index contributed by atoms with van der Waals surface area (Å²) in [5.41, 5.74) is 0.865. The number of aliphatic hydroxyl groups is 1. The third-order valence-corrected chi connectivity index (χ3v) is 4.63. The largest absolute Gasteiger partial charge is 0.396 e. The van der Waals surface area contributed by atoms with Crippen LogP contribution in [0.4, 0.5) is 9.18 Å². The van der Waals surface area contributed by atoms with Crippen molar-refractivity contribution in [2.45, 2.75) is 19.0 Å². The number of halogens is 1. The van der Waals surface area contributed by atoms with Gasteiger partial charge in [-0.25, -0.2) is 9.18 Å². The predicted octanol–water partition coefficient (Wildman–Crippen LogP) is 0.966. The molecule has 1 fully saturated rings. The molecule has 0 radical (unpaired) electrons. The fraction of sp³-hybridized carbons (Fsp3) is 0.611. The van der Waals surface area contributed by atoms with Crippen molar-refractivity contribution < 1.29 is 14.3 Å². The maximum atomic E-state index is 13.0. The van der Waals surface area contributed by atoms with Crippen molar-refractivity contribution in [3.8, 4) is 0 Å². The first-order chi connectivity index (χ1) is 12.0. The Morgan fingerprint density at radius 3 is 2.72 bits per heavy atom. The van der Waals surface area contributed by atoms with E-state index in [0.717, 1.165) is 25.2 Å². The van der Waals surface area contributed by atoms with Gasteiger partial charge in [-0.2, -0.15) is 0 Å². The molecule has 0 aliphatic carbocycles. The van der Waals surface area contributed by atoms with Gasteiger partial charge in [-0.1, -0.05) is 12.1 Å². The molecule has 0 spiro atoms. The average Bonchev–Trinajstić information content (AvgIpc) is 2.60. The molecular formula is C18H29FN4O2. The Morgan fingerprint density at radius 1 is 1.32 bits per heavy atom. The number of carbonyl (C=O) groups is 1. The van der Waals surface area contributed by atoms with Gasteiger partial charge in [0.15, 0.2) is 0 Å². The van der Waals surface area contributed by atoms with Crippen LogP contribution in [-0.2, 0) is 6.54 Å². The number of amides is 2. The molecule has 1 aliphatic heterocycles. The third-order valence-electron chi connectivity index (χ3n) is 4.63. The van der Waals surface area contributed by atoms with Crippen molar-refractivity contribution in [3.05, 3.63) is 35.6 Å². The van der Waals surface area contributed by atoms with Gasteiger partial charge in [-0.3, -0.25) is 4.90 Å². The first-order valence-corrected chi connectivity index (χ1v) is 8.76. The number of likely N-dealkylation sites (N-methyl/N-ethyl adjacent to an activating group) is 2. The molecule has 140 valence electrons. The normalized spacial score (nSPS) is 19.0. The highest BCUT2D eigenvalue weighted by Gasteiger charge is 2.23. The van der Waals surface area contributed by atoms with E-state index >= 15 is 0 Å². The molecule has 1 heterocycles.